The Hall–Kier alpha value is -0.800. The van der Waals surface area contributed by atoms with Gasteiger partial charge in [-0.25, -0.2) is 0 Å². The molecule has 0 aromatic carbocycles. The second kappa shape index (κ2) is 4.62. The fourth-order valence-corrected chi connectivity index (χ4v) is 1.84. The Morgan fingerprint density at radius 3 is 3.14 bits per heavy atom. The number of aryl methyl sites for hydroxylation is 1. The quantitative estimate of drug-likeness (QED) is 0.763. The molecule has 0 spiro atoms. The molecular weight excluding hydrogens is 176 g/mol. The summed E-state index contributed by atoms with van der Waals surface area (Å²) in [5.41, 5.74) is 2.47. The molecule has 3 nitrogen and oxygen atoms in total. The number of hydrogen-bond acceptors (Lipinski definition) is 2. The lowest BCUT2D eigenvalue weighted by molar-refractivity contribution is 0.110. The van der Waals surface area contributed by atoms with E-state index in [1.807, 2.05) is 0 Å². The van der Waals surface area contributed by atoms with Crippen LogP contribution in [0.4, 0.5) is 0 Å². The molecule has 1 saturated heterocycles. The smallest absolute Gasteiger partial charge is 0.0700 e. The van der Waals surface area contributed by atoms with E-state index in [9.17, 15) is 0 Å². The topological polar surface area (TPSA) is 37.0 Å². The second-order valence-corrected chi connectivity index (χ2v) is 3.93. The molecule has 0 amide bonds. The SMILES string of the molecule is Cc1ccc(CNCC2CCCO2)[nH]1. The zero-order chi connectivity index (χ0) is 9.80. The first kappa shape index (κ1) is 9.74. The van der Waals surface area contributed by atoms with Crippen LogP contribution in [0.5, 0.6) is 0 Å². The van der Waals surface area contributed by atoms with Crippen molar-refractivity contribution in [3.63, 3.8) is 0 Å². The van der Waals surface area contributed by atoms with Gasteiger partial charge in [-0.2, -0.15) is 0 Å². The highest BCUT2D eigenvalue weighted by Crippen LogP contribution is 2.10. The van der Waals surface area contributed by atoms with Gasteiger partial charge in [-0.15, -0.1) is 0 Å². The van der Waals surface area contributed by atoms with Gasteiger partial charge < -0.3 is 15.0 Å². The van der Waals surface area contributed by atoms with Gasteiger partial charge in [0.05, 0.1) is 6.10 Å². The molecule has 2 heterocycles. The molecule has 0 bridgehead atoms. The van der Waals surface area contributed by atoms with Gasteiger partial charge in [-0.05, 0) is 31.9 Å². The molecule has 0 aliphatic carbocycles. The molecule has 1 fully saturated rings. The molecule has 0 radical (unpaired) electrons. The average Bonchev–Trinajstić information content (AvgIpc) is 2.77. The van der Waals surface area contributed by atoms with E-state index in [-0.39, 0.29) is 0 Å². The monoisotopic (exact) mass is 194 g/mol. The van der Waals surface area contributed by atoms with Gasteiger partial charge in [0, 0.05) is 31.1 Å². The molecule has 1 aliphatic rings. The van der Waals surface area contributed by atoms with Crippen LogP contribution < -0.4 is 5.32 Å². The summed E-state index contributed by atoms with van der Waals surface area (Å²) in [6.07, 6.45) is 2.86. The lowest BCUT2D eigenvalue weighted by atomic mass is 10.2. The van der Waals surface area contributed by atoms with Crippen molar-refractivity contribution in [1.29, 1.82) is 0 Å². The van der Waals surface area contributed by atoms with Crippen molar-refractivity contribution in [2.45, 2.75) is 32.4 Å². The third-order valence-electron chi connectivity index (χ3n) is 2.60. The molecule has 1 aromatic heterocycles. The van der Waals surface area contributed by atoms with Crippen LogP contribution in [-0.2, 0) is 11.3 Å². The lowest BCUT2D eigenvalue weighted by Crippen LogP contribution is -2.25. The number of rotatable bonds is 4. The summed E-state index contributed by atoms with van der Waals surface area (Å²) in [6.45, 7) is 4.89. The van der Waals surface area contributed by atoms with Crippen molar-refractivity contribution in [1.82, 2.24) is 10.3 Å². The van der Waals surface area contributed by atoms with Crippen LogP contribution in [0.3, 0.4) is 0 Å². The van der Waals surface area contributed by atoms with Crippen LogP contribution >= 0.6 is 0 Å². The van der Waals surface area contributed by atoms with Crippen LogP contribution in [0, 0.1) is 6.92 Å². The summed E-state index contributed by atoms with van der Waals surface area (Å²) in [5.74, 6) is 0. The number of ether oxygens (including phenoxy) is 1. The van der Waals surface area contributed by atoms with Crippen molar-refractivity contribution in [3.8, 4) is 0 Å². The minimum atomic E-state index is 0.436. The molecule has 0 saturated carbocycles. The molecule has 78 valence electrons. The van der Waals surface area contributed by atoms with E-state index in [1.165, 1.54) is 24.2 Å². The summed E-state index contributed by atoms with van der Waals surface area (Å²) < 4.78 is 5.52. The third kappa shape index (κ3) is 2.59. The van der Waals surface area contributed by atoms with E-state index in [0.717, 1.165) is 19.7 Å². The van der Waals surface area contributed by atoms with Crippen LogP contribution in [0.1, 0.15) is 24.2 Å². The Morgan fingerprint density at radius 1 is 1.57 bits per heavy atom. The molecule has 2 N–H and O–H groups in total. The van der Waals surface area contributed by atoms with Gasteiger partial charge in [-0.3, -0.25) is 0 Å². The number of aromatic amines is 1. The number of aromatic nitrogens is 1. The third-order valence-corrected chi connectivity index (χ3v) is 2.60. The van der Waals surface area contributed by atoms with E-state index < -0.39 is 0 Å². The summed E-state index contributed by atoms with van der Waals surface area (Å²) in [7, 11) is 0. The van der Waals surface area contributed by atoms with E-state index in [4.69, 9.17) is 4.74 Å². The highest BCUT2D eigenvalue weighted by Gasteiger charge is 2.14. The van der Waals surface area contributed by atoms with Crippen molar-refractivity contribution < 1.29 is 4.74 Å². The first-order valence-electron chi connectivity index (χ1n) is 5.31. The van der Waals surface area contributed by atoms with Crippen LogP contribution in [0.2, 0.25) is 0 Å². The molecule has 3 heteroatoms. The van der Waals surface area contributed by atoms with Crippen molar-refractivity contribution in [3.05, 3.63) is 23.5 Å². The van der Waals surface area contributed by atoms with Crippen molar-refractivity contribution >= 4 is 0 Å². The van der Waals surface area contributed by atoms with Crippen molar-refractivity contribution in [2.75, 3.05) is 13.2 Å². The van der Waals surface area contributed by atoms with Gasteiger partial charge in [-0.1, -0.05) is 0 Å². The molecule has 1 aliphatic heterocycles. The molecule has 1 unspecified atom stereocenters. The van der Waals surface area contributed by atoms with Gasteiger partial charge in [0.15, 0.2) is 0 Å². The highest BCUT2D eigenvalue weighted by atomic mass is 16.5. The summed E-state index contributed by atoms with van der Waals surface area (Å²) in [6, 6.07) is 4.22. The predicted octanol–water partition coefficient (Wildman–Crippen LogP) is 1.59. The van der Waals surface area contributed by atoms with Gasteiger partial charge in [0.1, 0.15) is 0 Å². The minimum Gasteiger partial charge on any atom is -0.377 e. The summed E-state index contributed by atoms with van der Waals surface area (Å²) >= 11 is 0. The largest absolute Gasteiger partial charge is 0.377 e. The number of nitrogens with one attached hydrogen (secondary N) is 2. The predicted molar refractivity (Wildman–Crippen MR) is 56.2 cm³/mol. The summed E-state index contributed by atoms with van der Waals surface area (Å²) in [5, 5.41) is 3.40. The van der Waals surface area contributed by atoms with E-state index >= 15 is 0 Å². The first-order chi connectivity index (χ1) is 6.84. The highest BCUT2D eigenvalue weighted by molar-refractivity contribution is 5.11. The van der Waals surface area contributed by atoms with Gasteiger partial charge >= 0.3 is 0 Å². The van der Waals surface area contributed by atoms with Crippen LogP contribution in [-0.4, -0.2) is 24.2 Å². The molecule has 2 rings (SSSR count). The Balaban J connectivity index is 1.67. The molecule has 1 aromatic rings. The standard InChI is InChI=1S/C11H18N2O/c1-9-4-5-10(13-9)7-12-8-11-3-2-6-14-11/h4-5,11-13H,2-3,6-8H2,1H3. The maximum absolute atomic E-state index is 5.52. The number of hydrogen-bond donors (Lipinski definition) is 2. The first-order valence-corrected chi connectivity index (χ1v) is 5.31. The second-order valence-electron chi connectivity index (χ2n) is 3.93. The van der Waals surface area contributed by atoms with E-state index in [1.54, 1.807) is 0 Å². The lowest BCUT2D eigenvalue weighted by Gasteiger charge is -2.09. The van der Waals surface area contributed by atoms with Crippen molar-refractivity contribution in [2.24, 2.45) is 0 Å². The Morgan fingerprint density at radius 2 is 2.50 bits per heavy atom. The van der Waals surface area contributed by atoms with Crippen LogP contribution in [0.15, 0.2) is 12.1 Å². The average molecular weight is 194 g/mol. The molecule has 1 atom stereocenters. The Labute approximate surface area is 84.9 Å². The fourth-order valence-electron chi connectivity index (χ4n) is 1.84. The summed E-state index contributed by atoms with van der Waals surface area (Å²) in [4.78, 5) is 3.30. The van der Waals surface area contributed by atoms with Crippen LogP contribution in [0.25, 0.3) is 0 Å². The Bertz CT molecular complexity index is 277. The Kier molecular flexibility index (Phi) is 3.22. The van der Waals surface area contributed by atoms with Gasteiger partial charge in [0.2, 0.25) is 0 Å². The maximum atomic E-state index is 5.52. The zero-order valence-electron chi connectivity index (χ0n) is 8.68. The maximum Gasteiger partial charge on any atom is 0.0700 e. The zero-order valence-corrected chi connectivity index (χ0v) is 8.68. The molecular formula is C11H18N2O. The van der Waals surface area contributed by atoms with E-state index in [2.05, 4.69) is 29.4 Å². The minimum absolute atomic E-state index is 0.436. The van der Waals surface area contributed by atoms with E-state index in [0.29, 0.717) is 6.10 Å². The normalized spacial score (nSPS) is 21.6. The van der Waals surface area contributed by atoms with Gasteiger partial charge in [0.25, 0.3) is 0 Å². The fraction of sp³-hybridized carbons (Fsp3) is 0.636. The molecule has 14 heavy (non-hydrogen) atoms. The number of H-pyrrole nitrogens is 1.